The van der Waals surface area contributed by atoms with Gasteiger partial charge in [0.15, 0.2) is 5.11 Å². The predicted molar refractivity (Wildman–Crippen MR) is 137 cm³/mol. The Morgan fingerprint density at radius 1 is 0.853 bits per heavy atom. The Hall–Kier alpha value is -3.91. The SMILES string of the molecule is CCCNC(=O)c1cccc(NC(=S)NC(=O)c2ccccc2OCCOc2ccccc2)c1. The number of nitrogens with one attached hydrogen (secondary N) is 3. The van der Waals surface area contributed by atoms with Gasteiger partial charge in [-0.15, -0.1) is 0 Å². The van der Waals surface area contributed by atoms with Crippen LogP contribution in [0.3, 0.4) is 0 Å². The van der Waals surface area contributed by atoms with Crippen molar-refractivity contribution in [2.24, 2.45) is 0 Å². The lowest BCUT2D eigenvalue weighted by atomic mass is 10.2. The van der Waals surface area contributed by atoms with Crippen LogP contribution >= 0.6 is 12.2 Å². The molecule has 0 radical (unpaired) electrons. The molecule has 0 atom stereocenters. The van der Waals surface area contributed by atoms with Gasteiger partial charge in [-0.05, 0) is 61.1 Å². The topological polar surface area (TPSA) is 88.7 Å². The summed E-state index contributed by atoms with van der Waals surface area (Å²) in [7, 11) is 0. The normalized spacial score (nSPS) is 10.1. The molecule has 176 valence electrons. The summed E-state index contributed by atoms with van der Waals surface area (Å²) >= 11 is 5.29. The molecule has 0 spiro atoms. The van der Waals surface area contributed by atoms with Crippen molar-refractivity contribution in [3.05, 3.63) is 90.0 Å². The highest BCUT2D eigenvalue weighted by Crippen LogP contribution is 2.18. The van der Waals surface area contributed by atoms with E-state index in [2.05, 4.69) is 16.0 Å². The Morgan fingerprint density at radius 2 is 1.59 bits per heavy atom. The van der Waals surface area contributed by atoms with Crippen molar-refractivity contribution in [1.29, 1.82) is 0 Å². The molecule has 2 amide bonds. The second kappa shape index (κ2) is 13.0. The van der Waals surface area contributed by atoms with Crippen LogP contribution in [0.1, 0.15) is 34.1 Å². The van der Waals surface area contributed by atoms with Gasteiger partial charge in [-0.3, -0.25) is 14.9 Å². The lowest BCUT2D eigenvalue weighted by molar-refractivity contribution is 0.0950. The third-order valence-electron chi connectivity index (χ3n) is 4.63. The lowest BCUT2D eigenvalue weighted by Crippen LogP contribution is -2.34. The average molecular weight is 478 g/mol. The van der Waals surface area contributed by atoms with Gasteiger partial charge in [0.05, 0.1) is 5.56 Å². The molecule has 7 nitrogen and oxygen atoms in total. The fraction of sp³-hybridized carbons (Fsp3) is 0.192. The van der Waals surface area contributed by atoms with Crippen LogP contribution in [0.25, 0.3) is 0 Å². The zero-order valence-electron chi connectivity index (χ0n) is 18.9. The fourth-order valence-electron chi connectivity index (χ4n) is 3.02. The molecule has 34 heavy (non-hydrogen) atoms. The minimum absolute atomic E-state index is 0.110. The first-order valence-corrected chi connectivity index (χ1v) is 11.4. The van der Waals surface area contributed by atoms with Crippen molar-refractivity contribution in [3.8, 4) is 11.5 Å². The van der Waals surface area contributed by atoms with Crippen LogP contribution in [0, 0.1) is 0 Å². The van der Waals surface area contributed by atoms with Gasteiger partial charge in [0.25, 0.3) is 11.8 Å². The van der Waals surface area contributed by atoms with E-state index in [-0.39, 0.29) is 17.6 Å². The number of carbonyl (C=O) groups is 2. The summed E-state index contributed by atoms with van der Waals surface area (Å²) in [5.74, 6) is 0.603. The van der Waals surface area contributed by atoms with Crippen molar-refractivity contribution >= 4 is 34.8 Å². The maximum Gasteiger partial charge on any atom is 0.261 e. The van der Waals surface area contributed by atoms with Crippen molar-refractivity contribution in [3.63, 3.8) is 0 Å². The Bertz CT molecular complexity index is 1120. The van der Waals surface area contributed by atoms with Crippen LogP contribution in [0.15, 0.2) is 78.9 Å². The quantitative estimate of drug-likeness (QED) is 0.296. The Kier molecular flexibility index (Phi) is 9.42. The number of hydrogen-bond acceptors (Lipinski definition) is 5. The number of rotatable bonds is 10. The first-order chi connectivity index (χ1) is 16.6. The molecule has 0 aromatic heterocycles. The van der Waals surface area contributed by atoms with Gasteiger partial charge < -0.3 is 20.1 Å². The largest absolute Gasteiger partial charge is 0.490 e. The smallest absolute Gasteiger partial charge is 0.261 e. The number of anilines is 1. The summed E-state index contributed by atoms with van der Waals surface area (Å²) in [5.41, 5.74) is 1.44. The molecule has 0 heterocycles. The van der Waals surface area contributed by atoms with Gasteiger partial charge in [0, 0.05) is 17.8 Å². The molecule has 0 unspecified atom stereocenters. The average Bonchev–Trinajstić information content (AvgIpc) is 2.86. The van der Waals surface area contributed by atoms with Gasteiger partial charge >= 0.3 is 0 Å². The summed E-state index contributed by atoms with van der Waals surface area (Å²) in [5, 5.41) is 8.53. The Labute approximate surface area is 204 Å². The van der Waals surface area contributed by atoms with E-state index < -0.39 is 5.91 Å². The van der Waals surface area contributed by atoms with Crippen LogP contribution in [0.4, 0.5) is 5.69 Å². The second-order valence-corrected chi connectivity index (χ2v) is 7.66. The molecule has 0 aliphatic heterocycles. The van der Waals surface area contributed by atoms with Crippen molar-refractivity contribution < 1.29 is 19.1 Å². The molecule has 3 aromatic rings. The molecule has 0 saturated carbocycles. The molecule has 0 aliphatic carbocycles. The number of benzene rings is 3. The summed E-state index contributed by atoms with van der Waals surface area (Å²) in [4.78, 5) is 25.0. The fourth-order valence-corrected chi connectivity index (χ4v) is 3.23. The molecule has 3 rings (SSSR count). The number of ether oxygens (including phenoxy) is 2. The maximum absolute atomic E-state index is 12.8. The highest BCUT2D eigenvalue weighted by atomic mass is 32.1. The van der Waals surface area contributed by atoms with E-state index in [1.165, 1.54) is 0 Å². The minimum Gasteiger partial charge on any atom is -0.490 e. The lowest BCUT2D eigenvalue weighted by Gasteiger charge is -2.14. The summed E-state index contributed by atoms with van der Waals surface area (Å²) in [6, 6.07) is 23.2. The van der Waals surface area contributed by atoms with Gasteiger partial charge in [-0.25, -0.2) is 0 Å². The van der Waals surface area contributed by atoms with E-state index in [1.807, 2.05) is 37.3 Å². The van der Waals surface area contributed by atoms with Crippen LogP contribution in [-0.2, 0) is 0 Å². The highest BCUT2D eigenvalue weighted by molar-refractivity contribution is 7.80. The van der Waals surface area contributed by atoms with Crippen LogP contribution in [-0.4, -0.2) is 36.7 Å². The number of amides is 2. The second-order valence-electron chi connectivity index (χ2n) is 7.25. The first-order valence-electron chi connectivity index (χ1n) is 11.0. The summed E-state index contributed by atoms with van der Waals surface area (Å²) in [6.45, 7) is 3.20. The molecule has 0 fully saturated rings. The third-order valence-corrected chi connectivity index (χ3v) is 4.83. The van der Waals surface area contributed by atoms with Crippen LogP contribution in [0.5, 0.6) is 11.5 Å². The van der Waals surface area contributed by atoms with Gasteiger partial charge in [-0.2, -0.15) is 0 Å². The van der Waals surface area contributed by atoms with E-state index >= 15 is 0 Å². The monoisotopic (exact) mass is 477 g/mol. The molecule has 0 bridgehead atoms. The zero-order valence-corrected chi connectivity index (χ0v) is 19.7. The van der Waals surface area contributed by atoms with Gasteiger partial charge in [0.2, 0.25) is 0 Å². The Balaban J connectivity index is 1.54. The van der Waals surface area contributed by atoms with Gasteiger partial charge in [0.1, 0.15) is 24.7 Å². The van der Waals surface area contributed by atoms with E-state index in [0.717, 1.165) is 12.2 Å². The number of para-hydroxylation sites is 2. The van der Waals surface area contributed by atoms with E-state index in [9.17, 15) is 9.59 Å². The van der Waals surface area contributed by atoms with E-state index in [1.54, 1.807) is 48.5 Å². The van der Waals surface area contributed by atoms with Crippen molar-refractivity contribution in [2.75, 3.05) is 25.1 Å². The zero-order chi connectivity index (χ0) is 24.2. The molecular weight excluding hydrogens is 450 g/mol. The van der Waals surface area contributed by atoms with Crippen molar-refractivity contribution in [2.45, 2.75) is 13.3 Å². The molecule has 3 aromatic carbocycles. The minimum atomic E-state index is -0.408. The molecule has 3 N–H and O–H groups in total. The van der Waals surface area contributed by atoms with Crippen LogP contribution < -0.4 is 25.4 Å². The summed E-state index contributed by atoms with van der Waals surface area (Å²) in [6.07, 6.45) is 0.852. The molecule has 8 heteroatoms. The molecule has 0 saturated heterocycles. The Morgan fingerprint density at radius 3 is 2.38 bits per heavy atom. The van der Waals surface area contributed by atoms with Crippen molar-refractivity contribution in [1.82, 2.24) is 10.6 Å². The van der Waals surface area contributed by atoms with E-state index in [4.69, 9.17) is 21.7 Å². The first kappa shape index (κ1) is 24.7. The standard InChI is InChI=1S/C26H27N3O4S/c1-2-15-27-24(30)19-9-8-10-20(18-19)28-26(34)29-25(31)22-13-6-7-14-23(22)33-17-16-32-21-11-4-3-5-12-21/h3-14,18H,2,15-17H2,1H3,(H,27,30)(H2,28,29,31,34). The van der Waals surface area contributed by atoms with Crippen LogP contribution in [0.2, 0.25) is 0 Å². The predicted octanol–water partition coefficient (Wildman–Crippen LogP) is 4.41. The molecular formula is C26H27N3O4S. The molecule has 0 aliphatic rings. The third kappa shape index (κ3) is 7.60. The van der Waals surface area contributed by atoms with Gasteiger partial charge in [-0.1, -0.05) is 43.3 Å². The maximum atomic E-state index is 12.8. The number of carbonyl (C=O) groups excluding carboxylic acids is 2. The summed E-state index contributed by atoms with van der Waals surface area (Å²) < 4.78 is 11.4. The number of hydrogen-bond donors (Lipinski definition) is 3. The van der Waals surface area contributed by atoms with E-state index in [0.29, 0.717) is 35.7 Å². The number of thiocarbonyl (C=S) groups is 1. The highest BCUT2D eigenvalue weighted by Gasteiger charge is 2.14.